The summed E-state index contributed by atoms with van der Waals surface area (Å²) >= 11 is 0. The molecule has 0 saturated heterocycles. The van der Waals surface area contributed by atoms with Crippen LogP contribution in [0.15, 0.2) is 0 Å². The van der Waals surface area contributed by atoms with Crippen LogP contribution in [0.5, 0.6) is 0 Å². The monoisotopic (exact) mass is 96.0 g/mol. The minimum Gasteiger partial charge on any atom is -0.448 e. The minimum atomic E-state index is -1.69. The Labute approximate surface area is 33.0 Å². The summed E-state index contributed by atoms with van der Waals surface area (Å²) in [6.07, 6.45) is -1.69. The molecule has 0 rings (SSSR count). The van der Waals surface area contributed by atoms with Crippen molar-refractivity contribution in [1.29, 1.82) is 0 Å². The fourth-order valence-electron chi connectivity index (χ4n) is 0. The molecule has 0 bridgehead atoms. The molecule has 0 atom stereocenters. The summed E-state index contributed by atoms with van der Waals surface area (Å²) in [4.78, 5) is 11.6. The normalized spacial score (nSPS) is 5.50. The van der Waals surface area contributed by atoms with Gasteiger partial charge in [0.05, 0.1) is 0 Å². The highest BCUT2D eigenvalue weighted by molar-refractivity contribution is 5.55. The summed E-state index contributed by atoms with van der Waals surface area (Å²) in [5.41, 5.74) is 0. The molecule has 38 valence electrons. The molecule has 0 spiro atoms. The molecular weight excluding hydrogens is 92.0 g/mol. The highest BCUT2D eigenvalue weighted by Gasteiger charge is 1.84. The van der Waals surface area contributed by atoms with Crippen LogP contribution in [-0.4, -0.2) is 22.0 Å². The molecule has 4 N–H and O–H groups in total. The van der Waals surface area contributed by atoms with Crippen LogP contribution in [0.4, 0.5) is 4.79 Å². The van der Waals surface area contributed by atoms with Gasteiger partial charge in [-0.3, -0.25) is 4.89 Å². The van der Waals surface area contributed by atoms with Crippen molar-refractivity contribution in [3.05, 3.63) is 0 Å². The zero-order valence-electron chi connectivity index (χ0n) is 2.71. The third kappa shape index (κ3) is 10.8. The van der Waals surface area contributed by atoms with E-state index >= 15 is 0 Å². The predicted octanol–water partition coefficient (Wildman–Crippen LogP) is -0.671. The lowest BCUT2D eigenvalue weighted by Gasteiger charge is -1.75. The molecule has 5 nitrogen and oxygen atoms in total. The maximum absolute atomic E-state index is 8.90. The van der Waals surface area contributed by atoms with E-state index in [2.05, 4.69) is 4.89 Å². The average molecular weight is 96.0 g/mol. The van der Waals surface area contributed by atoms with Crippen molar-refractivity contribution in [1.82, 2.24) is 0 Å². The number of rotatable bonds is 0. The third-order valence-electron chi connectivity index (χ3n) is 0.0781. The Morgan fingerprint density at radius 3 is 1.83 bits per heavy atom. The van der Waals surface area contributed by atoms with Crippen LogP contribution in [0.3, 0.4) is 0 Å². The molecule has 0 fully saturated rings. The highest BCUT2D eigenvalue weighted by Crippen LogP contribution is 1.59. The van der Waals surface area contributed by atoms with Gasteiger partial charge in [0.15, 0.2) is 0 Å². The van der Waals surface area contributed by atoms with Crippen LogP contribution in [0.25, 0.3) is 0 Å². The fraction of sp³-hybridized carbons (Fsp3) is 0. The van der Waals surface area contributed by atoms with E-state index in [1.54, 1.807) is 0 Å². The molecule has 0 radical (unpaired) electrons. The van der Waals surface area contributed by atoms with Crippen LogP contribution in [-0.2, 0) is 4.89 Å². The van der Waals surface area contributed by atoms with Gasteiger partial charge in [0.25, 0.3) is 0 Å². The minimum absolute atomic E-state index is 0. The second kappa shape index (κ2) is 4.19. The number of carboxylic acid groups (broad SMARTS) is 1. The van der Waals surface area contributed by atoms with E-state index < -0.39 is 6.16 Å². The van der Waals surface area contributed by atoms with E-state index in [1.165, 1.54) is 0 Å². The second-order valence-electron chi connectivity index (χ2n) is 0.357. The van der Waals surface area contributed by atoms with Gasteiger partial charge in [-0.05, 0) is 0 Å². The molecule has 0 unspecified atom stereocenters. The van der Waals surface area contributed by atoms with Crippen molar-refractivity contribution in [2.45, 2.75) is 0 Å². The molecule has 0 amide bonds. The van der Waals surface area contributed by atoms with Crippen molar-refractivity contribution in [2.75, 3.05) is 0 Å². The molecule has 6 heavy (non-hydrogen) atoms. The van der Waals surface area contributed by atoms with Crippen LogP contribution in [0.2, 0.25) is 0 Å². The van der Waals surface area contributed by atoms with Crippen molar-refractivity contribution in [3.8, 4) is 0 Å². The molecule has 0 saturated carbocycles. The van der Waals surface area contributed by atoms with Crippen LogP contribution in [0, 0.1) is 0 Å². The van der Waals surface area contributed by atoms with E-state index in [0.717, 1.165) is 0 Å². The molecule has 0 heterocycles. The highest BCUT2D eigenvalue weighted by atomic mass is 17.1. The predicted molar refractivity (Wildman–Crippen MR) is 15.4 cm³/mol. The Morgan fingerprint density at radius 1 is 1.67 bits per heavy atom. The second-order valence-corrected chi connectivity index (χ2v) is 0.357. The quantitative estimate of drug-likeness (QED) is 0.308. The van der Waals surface area contributed by atoms with Gasteiger partial charge in [-0.1, -0.05) is 0 Å². The Morgan fingerprint density at radius 2 is 1.83 bits per heavy atom. The van der Waals surface area contributed by atoms with Crippen LogP contribution in [0.1, 0.15) is 0 Å². The zero-order chi connectivity index (χ0) is 4.28. The molecular formula is CH4O5. The number of hydrogen-bond donors (Lipinski definition) is 2. The van der Waals surface area contributed by atoms with Gasteiger partial charge < -0.3 is 10.6 Å². The van der Waals surface area contributed by atoms with Crippen molar-refractivity contribution < 1.29 is 25.5 Å². The van der Waals surface area contributed by atoms with Crippen LogP contribution < -0.4 is 0 Å². The van der Waals surface area contributed by atoms with Gasteiger partial charge in [-0.15, -0.1) is 0 Å². The summed E-state index contributed by atoms with van der Waals surface area (Å²) in [5.74, 6) is 0. The Balaban J connectivity index is 0. The Bertz CT molecular complexity index is 39.2. The van der Waals surface area contributed by atoms with Crippen molar-refractivity contribution >= 4 is 6.16 Å². The fourth-order valence-corrected chi connectivity index (χ4v) is 0. The molecule has 0 aromatic rings. The molecule has 0 aromatic carbocycles. The zero-order valence-corrected chi connectivity index (χ0v) is 2.71. The van der Waals surface area contributed by atoms with E-state index in [9.17, 15) is 0 Å². The summed E-state index contributed by atoms with van der Waals surface area (Å²) in [6, 6.07) is 0. The lowest BCUT2D eigenvalue weighted by molar-refractivity contribution is -0.194. The van der Waals surface area contributed by atoms with Gasteiger partial charge in [-0.25, -0.2) is 4.79 Å². The first-order chi connectivity index (χ1) is 2.27. The summed E-state index contributed by atoms with van der Waals surface area (Å²) in [7, 11) is 0. The SMILES string of the molecule is O.O=C(O)OO. The van der Waals surface area contributed by atoms with E-state index in [-0.39, 0.29) is 5.48 Å². The molecule has 0 aliphatic heterocycles. The molecule has 0 aliphatic carbocycles. The van der Waals surface area contributed by atoms with Gasteiger partial charge in [0.1, 0.15) is 0 Å². The first kappa shape index (κ1) is 8.95. The molecule has 5 heteroatoms. The summed E-state index contributed by atoms with van der Waals surface area (Å²) in [6.45, 7) is 0. The van der Waals surface area contributed by atoms with E-state index in [1.807, 2.05) is 0 Å². The maximum atomic E-state index is 8.90. The summed E-state index contributed by atoms with van der Waals surface area (Å²) < 4.78 is 0. The number of carbonyl (C=O) groups is 1. The molecule has 0 aromatic heterocycles. The van der Waals surface area contributed by atoms with Gasteiger partial charge in [-0.2, -0.15) is 5.26 Å². The first-order valence-corrected chi connectivity index (χ1v) is 0.814. The largest absolute Gasteiger partial charge is 0.537 e. The van der Waals surface area contributed by atoms with E-state index in [4.69, 9.17) is 15.2 Å². The Kier molecular flexibility index (Phi) is 6.25. The number of hydrogen-bond acceptors (Lipinski definition) is 3. The lowest BCUT2D eigenvalue weighted by Crippen LogP contribution is -1.91. The van der Waals surface area contributed by atoms with Gasteiger partial charge in [0, 0.05) is 0 Å². The van der Waals surface area contributed by atoms with Gasteiger partial charge >= 0.3 is 6.16 Å². The molecule has 0 aliphatic rings. The van der Waals surface area contributed by atoms with Gasteiger partial charge in [0.2, 0.25) is 0 Å². The van der Waals surface area contributed by atoms with Crippen molar-refractivity contribution in [2.24, 2.45) is 0 Å². The van der Waals surface area contributed by atoms with Crippen molar-refractivity contribution in [3.63, 3.8) is 0 Å². The average Bonchev–Trinajstić information content (AvgIpc) is 1.38. The smallest absolute Gasteiger partial charge is 0.448 e. The summed E-state index contributed by atoms with van der Waals surface area (Å²) in [5, 5.41) is 14.3. The van der Waals surface area contributed by atoms with Crippen LogP contribution >= 0.6 is 0 Å². The topological polar surface area (TPSA) is 98.3 Å². The maximum Gasteiger partial charge on any atom is 0.537 e. The third-order valence-corrected chi connectivity index (χ3v) is 0.0781. The standard InChI is InChI=1S/CH2O4.H2O/c2-1(3)5-4;/h4H,(H,2,3);1H2. The lowest BCUT2D eigenvalue weighted by atomic mass is 11.5. The Hall–Kier alpha value is -0.810. The van der Waals surface area contributed by atoms with E-state index in [0.29, 0.717) is 0 Å². The first-order valence-electron chi connectivity index (χ1n) is 0.814.